The van der Waals surface area contributed by atoms with Gasteiger partial charge in [0.05, 0.1) is 6.54 Å². The van der Waals surface area contributed by atoms with Crippen molar-refractivity contribution in [3.8, 4) is 0 Å². The van der Waals surface area contributed by atoms with E-state index in [9.17, 15) is 9.59 Å². The Morgan fingerprint density at radius 1 is 1.50 bits per heavy atom. The summed E-state index contributed by atoms with van der Waals surface area (Å²) in [5.41, 5.74) is 1.23. The lowest BCUT2D eigenvalue weighted by Gasteiger charge is -2.21. The number of carbonyl (C=O) groups excluding carboxylic acids is 1. The molecule has 0 saturated heterocycles. The maximum absolute atomic E-state index is 12.4. The monoisotopic (exact) mass is 337 g/mol. The van der Waals surface area contributed by atoms with Crippen LogP contribution in [-0.2, 0) is 17.8 Å². The van der Waals surface area contributed by atoms with Gasteiger partial charge in [-0.2, -0.15) is 0 Å². The molecule has 2 N–H and O–H groups in total. The molecule has 0 spiro atoms. The highest BCUT2D eigenvalue weighted by Crippen LogP contribution is 2.39. The minimum Gasteiger partial charge on any atom is -0.478 e. The van der Waals surface area contributed by atoms with Crippen molar-refractivity contribution < 1.29 is 19.1 Å². The van der Waals surface area contributed by atoms with Gasteiger partial charge in [-0.3, -0.25) is 4.79 Å². The second-order valence-corrected chi connectivity index (χ2v) is 7.22. The Bertz CT molecular complexity index is 719. The van der Waals surface area contributed by atoms with Gasteiger partial charge in [0, 0.05) is 4.88 Å². The van der Waals surface area contributed by atoms with E-state index in [0.717, 1.165) is 17.7 Å². The first-order valence-electron chi connectivity index (χ1n) is 6.84. The molecule has 0 radical (unpaired) electrons. The van der Waals surface area contributed by atoms with Gasteiger partial charge in [-0.1, -0.05) is 0 Å². The van der Waals surface area contributed by atoms with Gasteiger partial charge in [-0.05, 0) is 42.2 Å². The third-order valence-corrected chi connectivity index (χ3v) is 5.79. The molecule has 3 rings (SSSR count). The molecule has 116 valence electrons. The van der Waals surface area contributed by atoms with E-state index in [1.54, 1.807) is 30.0 Å². The number of thioether (sulfide) groups is 1. The lowest BCUT2D eigenvalue weighted by Crippen LogP contribution is -2.29. The SMILES string of the molecule is Cc1oc(CNC(=O)C2SCCc3sccc32)cc1C(=O)O. The Labute approximate surface area is 135 Å². The first kappa shape index (κ1) is 15.2. The van der Waals surface area contributed by atoms with Crippen LogP contribution in [0.5, 0.6) is 0 Å². The van der Waals surface area contributed by atoms with Crippen LogP contribution in [0, 0.1) is 6.92 Å². The summed E-state index contributed by atoms with van der Waals surface area (Å²) in [6.45, 7) is 1.80. The number of hydrogen-bond donors (Lipinski definition) is 2. The minimum atomic E-state index is -1.02. The van der Waals surface area contributed by atoms with Crippen molar-refractivity contribution in [1.29, 1.82) is 0 Å². The first-order valence-corrected chi connectivity index (χ1v) is 8.77. The number of carboxylic acids is 1. The van der Waals surface area contributed by atoms with Crippen molar-refractivity contribution >= 4 is 35.0 Å². The lowest BCUT2D eigenvalue weighted by molar-refractivity contribution is -0.120. The second kappa shape index (κ2) is 6.18. The van der Waals surface area contributed by atoms with E-state index in [-0.39, 0.29) is 23.3 Å². The molecule has 1 aliphatic heterocycles. The van der Waals surface area contributed by atoms with Gasteiger partial charge in [0.1, 0.15) is 22.3 Å². The standard InChI is InChI=1S/C15H15NO4S2/c1-8-11(15(18)19)6-9(20-8)7-16-14(17)13-10-2-4-21-12(10)3-5-22-13/h2,4,6,13H,3,5,7H2,1H3,(H,16,17)(H,18,19). The van der Waals surface area contributed by atoms with Crippen LogP contribution in [0.2, 0.25) is 0 Å². The van der Waals surface area contributed by atoms with Crippen molar-refractivity contribution in [3.63, 3.8) is 0 Å². The van der Waals surface area contributed by atoms with Crippen LogP contribution in [0.1, 0.15) is 37.6 Å². The summed E-state index contributed by atoms with van der Waals surface area (Å²) in [5.74, 6) is 0.660. The molecule has 1 unspecified atom stereocenters. The smallest absolute Gasteiger partial charge is 0.339 e. The average molecular weight is 337 g/mol. The van der Waals surface area contributed by atoms with Crippen LogP contribution in [0.15, 0.2) is 21.9 Å². The molecule has 1 amide bonds. The van der Waals surface area contributed by atoms with E-state index >= 15 is 0 Å². The predicted molar refractivity (Wildman–Crippen MR) is 85.5 cm³/mol. The summed E-state index contributed by atoms with van der Waals surface area (Å²) < 4.78 is 5.37. The van der Waals surface area contributed by atoms with Crippen LogP contribution in [0.25, 0.3) is 0 Å². The molecule has 2 aromatic heterocycles. The molecule has 5 nitrogen and oxygen atoms in total. The highest BCUT2D eigenvalue weighted by atomic mass is 32.2. The zero-order valence-corrected chi connectivity index (χ0v) is 13.6. The number of thiophene rings is 1. The van der Waals surface area contributed by atoms with Gasteiger partial charge in [0.25, 0.3) is 0 Å². The third kappa shape index (κ3) is 2.91. The highest BCUT2D eigenvalue weighted by Gasteiger charge is 2.28. The molecule has 1 atom stereocenters. The van der Waals surface area contributed by atoms with E-state index in [1.807, 2.05) is 11.4 Å². The summed E-state index contributed by atoms with van der Waals surface area (Å²) in [7, 11) is 0. The molecule has 7 heteroatoms. The molecular formula is C15H15NO4S2. The number of carboxylic acid groups (broad SMARTS) is 1. The summed E-state index contributed by atoms with van der Waals surface area (Å²) in [5, 5.41) is 13.7. The minimum absolute atomic E-state index is 0.0599. The number of carbonyl (C=O) groups is 2. The quantitative estimate of drug-likeness (QED) is 0.896. The van der Waals surface area contributed by atoms with Crippen LogP contribution in [-0.4, -0.2) is 22.7 Å². The van der Waals surface area contributed by atoms with E-state index in [4.69, 9.17) is 9.52 Å². The third-order valence-electron chi connectivity index (χ3n) is 3.55. The van der Waals surface area contributed by atoms with Crippen molar-refractivity contribution in [3.05, 3.63) is 45.0 Å². The summed E-state index contributed by atoms with van der Waals surface area (Å²) in [4.78, 5) is 24.6. The average Bonchev–Trinajstić information content (AvgIpc) is 3.10. The van der Waals surface area contributed by atoms with Gasteiger partial charge in [-0.15, -0.1) is 23.1 Å². The van der Waals surface area contributed by atoms with Gasteiger partial charge in [-0.25, -0.2) is 4.79 Å². The van der Waals surface area contributed by atoms with E-state index in [1.165, 1.54) is 10.9 Å². The summed E-state index contributed by atoms with van der Waals surface area (Å²) in [6.07, 6.45) is 1.01. The topological polar surface area (TPSA) is 79.5 Å². The Morgan fingerprint density at radius 2 is 2.32 bits per heavy atom. The van der Waals surface area contributed by atoms with Crippen molar-refractivity contribution in [2.75, 3.05) is 5.75 Å². The van der Waals surface area contributed by atoms with Crippen LogP contribution < -0.4 is 5.32 Å². The van der Waals surface area contributed by atoms with Gasteiger partial charge in [0.15, 0.2) is 0 Å². The number of aromatic carboxylic acids is 1. The Morgan fingerprint density at radius 3 is 3.05 bits per heavy atom. The highest BCUT2D eigenvalue weighted by molar-refractivity contribution is 8.00. The normalized spacial score (nSPS) is 17.0. The van der Waals surface area contributed by atoms with Crippen LogP contribution in [0.3, 0.4) is 0 Å². The molecule has 0 bridgehead atoms. The largest absolute Gasteiger partial charge is 0.478 e. The Kier molecular flexibility index (Phi) is 4.26. The molecule has 1 aliphatic rings. The maximum atomic E-state index is 12.4. The summed E-state index contributed by atoms with van der Waals surface area (Å²) in [6, 6.07) is 3.47. The molecule has 0 aliphatic carbocycles. The number of fused-ring (bicyclic) bond motifs is 1. The lowest BCUT2D eigenvalue weighted by atomic mass is 10.1. The molecule has 0 saturated carbocycles. The second-order valence-electron chi connectivity index (χ2n) is 5.01. The number of hydrogen-bond acceptors (Lipinski definition) is 5. The molecule has 0 aromatic carbocycles. The fraction of sp³-hybridized carbons (Fsp3) is 0.333. The number of nitrogens with one attached hydrogen (secondary N) is 1. The number of amides is 1. The van der Waals surface area contributed by atoms with Crippen molar-refractivity contribution in [2.24, 2.45) is 0 Å². The van der Waals surface area contributed by atoms with E-state index < -0.39 is 5.97 Å². The summed E-state index contributed by atoms with van der Waals surface area (Å²) >= 11 is 3.33. The Hall–Kier alpha value is -1.73. The fourth-order valence-electron chi connectivity index (χ4n) is 2.47. The van der Waals surface area contributed by atoms with Crippen LogP contribution in [0.4, 0.5) is 0 Å². The molecule has 0 fully saturated rings. The molecule has 22 heavy (non-hydrogen) atoms. The van der Waals surface area contributed by atoms with E-state index in [2.05, 4.69) is 5.32 Å². The predicted octanol–water partition coefficient (Wildman–Crippen LogP) is 2.99. The number of rotatable bonds is 4. The molecule has 2 aromatic rings. The zero-order chi connectivity index (χ0) is 15.7. The van der Waals surface area contributed by atoms with Crippen molar-refractivity contribution in [1.82, 2.24) is 5.32 Å². The zero-order valence-electron chi connectivity index (χ0n) is 11.9. The fourth-order valence-corrected chi connectivity index (χ4v) is 4.79. The van der Waals surface area contributed by atoms with Gasteiger partial charge < -0.3 is 14.8 Å². The van der Waals surface area contributed by atoms with Crippen molar-refractivity contribution in [2.45, 2.75) is 25.1 Å². The number of furan rings is 1. The Balaban J connectivity index is 1.66. The number of aryl methyl sites for hydroxylation is 2. The van der Waals surface area contributed by atoms with E-state index in [0.29, 0.717) is 11.5 Å². The molecular weight excluding hydrogens is 322 g/mol. The maximum Gasteiger partial charge on any atom is 0.339 e. The molecule has 3 heterocycles. The van der Waals surface area contributed by atoms with Gasteiger partial charge >= 0.3 is 5.97 Å². The van der Waals surface area contributed by atoms with Gasteiger partial charge in [0.2, 0.25) is 5.91 Å². The van der Waals surface area contributed by atoms with Crippen LogP contribution >= 0.6 is 23.1 Å². The first-order chi connectivity index (χ1) is 10.6.